The molecule has 0 bridgehead atoms. The minimum atomic E-state index is -0.383. The molecule has 1 heterocycles. The van der Waals surface area contributed by atoms with Gasteiger partial charge in [-0.1, -0.05) is 6.07 Å². The molecule has 0 saturated heterocycles. The SMILES string of the molecule is CN(C)C[C@H]1CC[C@H](c2ccc3ncc([N+](=O)[O-])cc3c2)CC1. The average molecular weight is 313 g/mol. The van der Waals surface area contributed by atoms with Gasteiger partial charge in [0.05, 0.1) is 10.4 Å². The zero-order valence-electron chi connectivity index (χ0n) is 13.7. The summed E-state index contributed by atoms with van der Waals surface area (Å²) in [4.78, 5) is 17.0. The number of rotatable bonds is 4. The van der Waals surface area contributed by atoms with Crippen molar-refractivity contribution in [3.05, 3.63) is 46.1 Å². The number of hydrogen-bond acceptors (Lipinski definition) is 4. The molecule has 1 aliphatic carbocycles. The van der Waals surface area contributed by atoms with E-state index in [0.29, 0.717) is 5.92 Å². The minimum Gasteiger partial charge on any atom is -0.309 e. The van der Waals surface area contributed by atoms with Crippen molar-refractivity contribution < 1.29 is 4.92 Å². The maximum absolute atomic E-state index is 10.9. The number of nitro groups is 1. The Morgan fingerprint density at radius 2 is 1.96 bits per heavy atom. The molecule has 1 aromatic carbocycles. The lowest BCUT2D eigenvalue weighted by Crippen LogP contribution is -2.25. The molecule has 0 N–H and O–H groups in total. The minimum absolute atomic E-state index is 0.0596. The first-order valence-electron chi connectivity index (χ1n) is 8.22. The van der Waals surface area contributed by atoms with Gasteiger partial charge in [0.15, 0.2) is 0 Å². The second kappa shape index (κ2) is 6.62. The van der Waals surface area contributed by atoms with Crippen LogP contribution in [0.2, 0.25) is 0 Å². The van der Waals surface area contributed by atoms with Crippen LogP contribution in [-0.4, -0.2) is 35.4 Å². The van der Waals surface area contributed by atoms with E-state index < -0.39 is 0 Å². The summed E-state index contributed by atoms with van der Waals surface area (Å²) >= 11 is 0. The number of fused-ring (bicyclic) bond motifs is 1. The Kier molecular flexibility index (Phi) is 4.57. The van der Waals surface area contributed by atoms with Gasteiger partial charge in [-0.3, -0.25) is 10.1 Å². The van der Waals surface area contributed by atoms with E-state index in [1.54, 1.807) is 6.07 Å². The van der Waals surface area contributed by atoms with Gasteiger partial charge in [0.1, 0.15) is 6.20 Å². The molecular formula is C18H23N3O2. The number of aromatic nitrogens is 1. The summed E-state index contributed by atoms with van der Waals surface area (Å²) in [5.74, 6) is 1.36. The molecule has 5 nitrogen and oxygen atoms in total. The van der Waals surface area contributed by atoms with Crippen LogP contribution < -0.4 is 0 Å². The van der Waals surface area contributed by atoms with Gasteiger partial charge in [-0.25, -0.2) is 4.98 Å². The van der Waals surface area contributed by atoms with Crippen LogP contribution >= 0.6 is 0 Å². The summed E-state index contributed by atoms with van der Waals surface area (Å²) in [5, 5.41) is 11.8. The molecular weight excluding hydrogens is 290 g/mol. The van der Waals surface area contributed by atoms with E-state index >= 15 is 0 Å². The molecule has 3 rings (SSSR count). The molecule has 0 atom stereocenters. The van der Waals surface area contributed by atoms with Crippen molar-refractivity contribution in [2.24, 2.45) is 5.92 Å². The first-order valence-corrected chi connectivity index (χ1v) is 8.22. The highest BCUT2D eigenvalue weighted by atomic mass is 16.6. The third-order valence-corrected chi connectivity index (χ3v) is 4.84. The van der Waals surface area contributed by atoms with Crippen LogP contribution in [0.25, 0.3) is 10.9 Å². The maximum Gasteiger partial charge on any atom is 0.288 e. The topological polar surface area (TPSA) is 59.3 Å². The van der Waals surface area contributed by atoms with Crippen molar-refractivity contribution in [1.82, 2.24) is 9.88 Å². The van der Waals surface area contributed by atoms with Gasteiger partial charge in [-0.15, -0.1) is 0 Å². The Morgan fingerprint density at radius 3 is 2.61 bits per heavy atom. The van der Waals surface area contributed by atoms with E-state index in [0.717, 1.165) is 16.8 Å². The zero-order valence-corrected chi connectivity index (χ0v) is 13.7. The van der Waals surface area contributed by atoms with Crippen LogP contribution in [0.1, 0.15) is 37.2 Å². The second-order valence-corrected chi connectivity index (χ2v) is 6.88. The van der Waals surface area contributed by atoms with Crippen molar-refractivity contribution in [1.29, 1.82) is 0 Å². The molecule has 23 heavy (non-hydrogen) atoms. The molecule has 1 aromatic heterocycles. The summed E-state index contributed by atoms with van der Waals surface area (Å²) in [5.41, 5.74) is 2.17. The third kappa shape index (κ3) is 3.67. The van der Waals surface area contributed by atoms with E-state index in [2.05, 4.69) is 36.1 Å². The van der Waals surface area contributed by atoms with Crippen LogP contribution in [0.15, 0.2) is 30.5 Å². The summed E-state index contributed by atoms with van der Waals surface area (Å²) in [6.45, 7) is 1.17. The van der Waals surface area contributed by atoms with Gasteiger partial charge < -0.3 is 4.90 Å². The molecule has 0 aliphatic heterocycles. The van der Waals surface area contributed by atoms with Crippen LogP contribution in [0.4, 0.5) is 5.69 Å². The number of nitrogens with zero attached hydrogens (tertiary/aromatic N) is 3. The van der Waals surface area contributed by atoms with Crippen molar-refractivity contribution in [3.63, 3.8) is 0 Å². The van der Waals surface area contributed by atoms with Crippen molar-refractivity contribution in [2.45, 2.75) is 31.6 Å². The molecule has 2 aromatic rings. The Balaban J connectivity index is 1.77. The summed E-state index contributed by atoms with van der Waals surface area (Å²) in [6.07, 6.45) is 6.25. The van der Waals surface area contributed by atoms with E-state index in [9.17, 15) is 10.1 Å². The standard InChI is InChI=1S/C18H23N3O2/c1-20(2)12-13-3-5-14(6-4-13)15-7-8-18-16(9-15)10-17(11-19-18)21(22)23/h7-11,13-14H,3-6,12H2,1-2H3/t13-,14-. The Morgan fingerprint density at radius 1 is 1.22 bits per heavy atom. The van der Waals surface area contributed by atoms with Gasteiger partial charge >= 0.3 is 0 Å². The molecule has 1 fully saturated rings. The van der Waals surface area contributed by atoms with Crippen molar-refractivity contribution in [3.8, 4) is 0 Å². The Labute approximate surface area is 136 Å². The Bertz CT molecular complexity index is 706. The van der Waals surface area contributed by atoms with E-state index in [-0.39, 0.29) is 10.6 Å². The fourth-order valence-corrected chi connectivity index (χ4v) is 3.69. The molecule has 1 saturated carbocycles. The lowest BCUT2D eigenvalue weighted by Gasteiger charge is -2.30. The van der Waals surface area contributed by atoms with Gasteiger partial charge in [0.2, 0.25) is 0 Å². The Hall–Kier alpha value is -2.01. The lowest BCUT2D eigenvalue weighted by molar-refractivity contribution is -0.385. The molecule has 1 aliphatic rings. The maximum atomic E-state index is 10.9. The predicted molar refractivity (Wildman–Crippen MR) is 91.7 cm³/mol. The van der Waals surface area contributed by atoms with Gasteiger partial charge in [0, 0.05) is 18.0 Å². The molecule has 0 amide bonds. The zero-order chi connectivity index (χ0) is 16.4. The highest BCUT2D eigenvalue weighted by Gasteiger charge is 2.23. The first kappa shape index (κ1) is 15.9. The predicted octanol–water partition coefficient (Wildman–Crippen LogP) is 3.98. The smallest absolute Gasteiger partial charge is 0.288 e. The van der Waals surface area contributed by atoms with Crippen LogP contribution in [0.5, 0.6) is 0 Å². The monoisotopic (exact) mass is 313 g/mol. The first-order chi connectivity index (χ1) is 11.0. The van der Waals surface area contributed by atoms with E-state index in [1.807, 2.05) is 6.07 Å². The summed E-state index contributed by atoms with van der Waals surface area (Å²) in [7, 11) is 4.27. The second-order valence-electron chi connectivity index (χ2n) is 6.88. The highest BCUT2D eigenvalue weighted by Crippen LogP contribution is 2.37. The fraction of sp³-hybridized carbons (Fsp3) is 0.500. The van der Waals surface area contributed by atoms with E-state index in [4.69, 9.17) is 0 Å². The quantitative estimate of drug-likeness (QED) is 0.633. The van der Waals surface area contributed by atoms with Gasteiger partial charge in [-0.2, -0.15) is 0 Å². The average Bonchev–Trinajstić information content (AvgIpc) is 2.54. The van der Waals surface area contributed by atoms with Crippen molar-refractivity contribution >= 4 is 16.6 Å². The van der Waals surface area contributed by atoms with Crippen LogP contribution in [0.3, 0.4) is 0 Å². The summed E-state index contributed by atoms with van der Waals surface area (Å²) in [6, 6.07) is 7.84. The number of benzene rings is 1. The van der Waals surface area contributed by atoms with Crippen LogP contribution in [-0.2, 0) is 0 Å². The molecule has 0 unspecified atom stereocenters. The molecule has 0 spiro atoms. The number of hydrogen-bond donors (Lipinski definition) is 0. The molecule has 5 heteroatoms. The fourth-order valence-electron chi connectivity index (χ4n) is 3.69. The summed E-state index contributed by atoms with van der Waals surface area (Å²) < 4.78 is 0. The molecule has 122 valence electrons. The highest BCUT2D eigenvalue weighted by molar-refractivity contribution is 5.81. The van der Waals surface area contributed by atoms with Crippen LogP contribution in [0, 0.1) is 16.0 Å². The van der Waals surface area contributed by atoms with Gasteiger partial charge in [0.25, 0.3) is 5.69 Å². The molecule has 0 radical (unpaired) electrons. The largest absolute Gasteiger partial charge is 0.309 e. The van der Waals surface area contributed by atoms with E-state index in [1.165, 1.54) is 44.0 Å². The van der Waals surface area contributed by atoms with Crippen molar-refractivity contribution in [2.75, 3.05) is 20.6 Å². The lowest BCUT2D eigenvalue weighted by atomic mass is 9.78. The third-order valence-electron chi connectivity index (χ3n) is 4.84. The normalized spacial score (nSPS) is 21.7. The number of pyridine rings is 1. The van der Waals surface area contributed by atoms with Gasteiger partial charge in [-0.05, 0) is 69.3 Å².